The zero-order valence-electron chi connectivity index (χ0n) is 13.3. The molecule has 2 aliphatic carbocycles. The van der Waals surface area contributed by atoms with Gasteiger partial charge in [0.25, 0.3) is 0 Å². The van der Waals surface area contributed by atoms with E-state index in [1.165, 1.54) is 24.8 Å². The molecule has 120 valence electrons. The van der Waals surface area contributed by atoms with Crippen molar-refractivity contribution in [1.82, 2.24) is 14.8 Å². The molecule has 1 aromatic carbocycles. The van der Waals surface area contributed by atoms with Crippen LogP contribution < -0.4 is 0 Å². The molecule has 4 rings (SSSR count). The quantitative estimate of drug-likeness (QED) is 0.792. The second kappa shape index (κ2) is 6.67. The minimum absolute atomic E-state index is 0.420. The largest absolute Gasteiger partial charge is 0.376 e. The van der Waals surface area contributed by atoms with Crippen LogP contribution in [0.1, 0.15) is 30.9 Å². The molecule has 4 atom stereocenters. The smallest absolute Gasteiger partial charge is 0.137 e. The molecular weight excluding hydrogens is 286 g/mol. The van der Waals surface area contributed by atoms with Crippen molar-refractivity contribution >= 4 is 0 Å². The van der Waals surface area contributed by atoms with E-state index in [9.17, 15) is 0 Å². The molecule has 2 aliphatic rings. The Bertz CT molecular complexity index is 638. The number of ether oxygens (including phenoxy) is 1. The van der Waals surface area contributed by atoms with E-state index >= 15 is 0 Å². The lowest BCUT2D eigenvalue weighted by atomic mass is 9.81. The summed E-state index contributed by atoms with van der Waals surface area (Å²) in [5.74, 6) is 2.00. The van der Waals surface area contributed by atoms with Gasteiger partial charge in [0.1, 0.15) is 12.7 Å². The van der Waals surface area contributed by atoms with E-state index in [2.05, 4.69) is 51.2 Å². The van der Waals surface area contributed by atoms with Crippen LogP contribution in [-0.4, -0.2) is 21.4 Å². The molecular formula is C19H23N3O. The normalized spacial score (nSPS) is 29.6. The molecule has 0 radical (unpaired) electrons. The van der Waals surface area contributed by atoms with Gasteiger partial charge in [0.15, 0.2) is 0 Å². The highest BCUT2D eigenvalue weighted by Crippen LogP contribution is 2.49. The predicted octanol–water partition coefficient (Wildman–Crippen LogP) is 3.64. The molecule has 4 nitrogen and oxygen atoms in total. The SMILES string of the molecule is C1=CC[C@@H]2[C@H](C1)C[C@H](n1cncn1)[C@@H]2COCc1ccccc1. The minimum atomic E-state index is 0.420. The van der Waals surface area contributed by atoms with Gasteiger partial charge in [-0.2, -0.15) is 5.10 Å². The van der Waals surface area contributed by atoms with Gasteiger partial charge in [0, 0.05) is 5.92 Å². The molecule has 0 aliphatic heterocycles. The van der Waals surface area contributed by atoms with Gasteiger partial charge >= 0.3 is 0 Å². The van der Waals surface area contributed by atoms with Gasteiger partial charge in [-0.05, 0) is 36.7 Å². The summed E-state index contributed by atoms with van der Waals surface area (Å²) in [6.07, 6.45) is 11.8. The first-order valence-electron chi connectivity index (χ1n) is 8.52. The first-order chi connectivity index (χ1) is 11.4. The number of fused-ring (bicyclic) bond motifs is 1. The average molecular weight is 309 g/mol. The maximum absolute atomic E-state index is 6.10. The second-order valence-electron chi connectivity index (χ2n) is 6.71. The molecule has 4 heteroatoms. The molecule has 0 saturated heterocycles. The molecule has 1 fully saturated rings. The summed E-state index contributed by atoms with van der Waals surface area (Å²) in [4.78, 5) is 4.14. The summed E-state index contributed by atoms with van der Waals surface area (Å²) in [5, 5.41) is 4.40. The third kappa shape index (κ3) is 3.08. The molecule has 0 unspecified atom stereocenters. The fourth-order valence-electron chi connectivity index (χ4n) is 4.27. The van der Waals surface area contributed by atoms with Gasteiger partial charge in [0.2, 0.25) is 0 Å². The van der Waals surface area contributed by atoms with Crippen LogP contribution >= 0.6 is 0 Å². The Hall–Kier alpha value is -1.94. The standard InChI is InChI=1S/C19H23N3O/c1-2-6-15(7-3-1)11-23-12-18-17-9-5-4-8-16(17)10-19(18)22-14-20-13-21-22/h1-7,13-14,16-19H,8-12H2/t16-,17-,18-,19+/m1/s1. The van der Waals surface area contributed by atoms with Crippen LogP contribution in [0.15, 0.2) is 55.1 Å². The van der Waals surface area contributed by atoms with Crippen LogP contribution in [0, 0.1) is 17.8 Å². The van der Waals surface area contributed by atoms with Crippen molar-refractivity contribution in [2.45, 2.75) is 31.9 Å². The highest BCUT2D eigenvalue weighted by atomic mass is 16.5. The summed E-state index contributed by atoms with van der Waals surface area (Å²) < 4.78 is 8.15. The van der Waals surface area contributed by atoms with Crippen molar-refractivity contribution in [3.63, 3.8) is 0 Å². The van der Waals surface area contributed by atoms with E-state index in [-0.39, 0.29) is 0 Å². The molecule has 1 heterocycles. The monoisotopic (exact) mass is 309 g/mol. The Labute approximate surface area is 137 Å². The third-order valence-corrected chi connectivity index (χ3v) is 5.41. The van der Waals surface area contributed by atoms with Gasteiger partial charge in [0.05, 0.1) is 19.3 Å². The van der Waals surface area contributed by atoms with Crippen molar-refractivity contribution in [3.8, 4) is 0 Å². The maximum Gasteiger partial charge on any atom is 0.137 e. The van der Waals surface area contributed by atoms with Crippen LogP contribution in [0.5, 0.6) is 0 Å². The van der Waals surface area contributed by atoms with Crippen molar-refractivity contribution in [2.24, 2.45) is 17.8 Å². The summed E-state index contributed by atoms with van der Waals surface area (Å²) in [5.41, 5.74) is 1.24. The molecule has 0 spiro atoms. The molecule has 23 heavy (non-hydrogen) atoms. The Morgan fingerprint density at radius 1 is 1.13 bits per heavy atom. The van der Waals surface area contributed by atoms with Crippen molar-refractivity contribution in [1.29, 1.82) is 0 Å². The number of hydrogen-bond donors (Lipinski definition) is 0. The van der Waals surface area contributed by atoms with Gasteiger partial charge in [-0.25, -0.2) is 9.67 Å². The van der Waals surface area contributed by atoms with E-state index in [0.717, 1.165) is 12.5 Å². The topological polar surface area (TPSA) is 39.9 Å². The highest BCUT2D eigenvalue weighted by Gasteiger charge is 2.44. The molecule has 0 amide bonds. The van der Waals surface area contributed by atoms with Crippen LogP contribution in [0.4, 0.5) is 0 Å². The van der Waals surface area contributed by atoms with Crippen LogP contribution in [0.25, 0.3) is 0 Å². The lowest BCUT2D eigenvalue weighted by molar-refractivity contribution is 0.0545. The number of benzene rings is 1. The van der Waals surface area contributed by atoms with E-state index in [4.69, 9.17) is 4.74 Å². The van der Waals surface area contributed by atoms with E-state index in [1.807, 2.05) is 12.4 Å². The first-order valence-corrected chi connectivity index (χ1v) is 8.52. The molecule has 1 aromatic heterocycles. The van der Waals surface area contributed by atoms with E-state index in [0.29, 0.717) is 24.5 Å². The van der Waals surface area contributed by atoms with E-state index < -0.39 is 0 Å². The summed E-state index contributed by atoms with van der Waals surface area (Å²) in [6, 6.07) is 10.8. The highest BCUT2D eigenvalue weighted by molar-refractivity contribution is 5.13. The number of hydrogen-bond acceptors (Lipinski definition) is 3. The number of rotatable bonds is 5. The van der Waals surface area contributed by atoms with Gasteiger partial charge in [-0.1, -0.05) is 42.5 Å². The zero-order valence-corrected chi connectivity index (χ0v) is 13.3. The van der Waals surface area contributed by atoms with Crippen molar-refractivity contribution < 1.29 is 4.74 Å². The lowest BCUT2D eigenvalue weighted by Crippen LogP contribution is -2.25. The van der Waals surface area contributed by atoms with Gasteiger partial charge in [-0.3, -0.25) is 0 Å². The predicted molar refractivity (Wildman–Crippen MR) is 88.6 cm³/mol. The van der Waals surface area contributed by atoms with Crippen molar-refractivity contribution in [2.75, 3.05) is 6.61 Å². The second-order valence-corrected chi connectivity index (χ2v) is 6.71. The molecule has 0 bridgehead atoms. The average Bonchev–Trinajstić information content (AvgIpc) is 3.24. The Kier molecular flexibility index (Phi) is 4.24. The molecule has 0 N–H and O–H groups in total. The number of aromatic nitrogens is 3. The van der Waals surface area contributed by atoms with E-state index in [1.54, 1.807) is 6.33 Å². The van der Waals surface area contributed by atoms with Crippen LogP contribution in [0.2, 0.25) is 0 Å². The van der Waals surface area contributed by atoms with Crippen LogP contribution in [0.3, 0.4) is 0 Å². The number of nitrogens with zero attached hydrogens (tertiary/aromatic N) is 3. The fourth-order valence-corrected chi connectivity index (χ4v) is 4.27. The van der Waals surface area contributed by atoms with Gasteiger partial charge in [-0.15, -0.1) is 0 Å². The number of allylic oxidation sites excluding steroid dienone is 2. The summed E-state index contributed by atoms with van der Waals surface area (Å²) in [7, 11) is 0. The molecule has 1 saturated carbocycles. The third-order valence-electron chi connectivity index (χ3n) is 5.41. The van der Waals surface area contributed by atoms with Crippen molar-refractivity contribution in [3.05, 3.63) is 60.7 Å². The van der Waals surface area contributed by atoms with Gasteiger partial charge < -0.3 is 4.74 Å². The Morgan fingerprint density at radius 2 is 2.00 bits per heavy atom. The molecule has 2 aromatic rings. The first kappa shape index (κ1) is 14.6. The van der Waals surface area contributed by atoms with Crippen LogP contribution in [-0.2, 0) is 11.3 Å². The maximum atomic E-state index is 6.10. The summed E-state index contributed by atoms with van der Waals surface area (Å²) in [6.45, 7) is 1.49. The lowest BCUT2D eigenvalue weighted by Gasteiger charge is -2.27. The Morgan fingerprint density at radius 3 is 2.83 bits per heavy atom. The zero-order chi connectivity index (χ0) is 15.5. The summed E-state index contributed by atoms with van der Waals surface area (Å²) >= 11 is 0. The Balaban J connectivity index is 1.45. The fraction of sp³-hybridized carbons (Fsp3) is 0.474. The minimum Gasteiger partial charge on any atom is -0.376 e.